The number of amides is 1. The van der Waals surface area contributed by atoms with Gasteiger partial charge in [-0.1, -0.05) is 30.3 Å². The molecule has 0 N–H and O–H groups in total. The molecule has 1 aromatic carbocycles. The molecule has 0 unspecified atom stereocenters. The van der Waals surface area contributed by atoms with Crippen molar-refractivity contribution in [2.24, 2.45) is 0 Å². The van der Waals surface area contributed by atoms with Gasteiger partial charge in [-0.3, -0.25) is 14.7 Å². The third-order valence-corrected chi connectivity index (χ3v) is 4.51. The Kier molecular flexibility index (Phi) is 5.41. The maximum absolute atomic E-state index is 12.6. The summed E-state index contributed by atoms with van der Waals surface area (Å²) in [4.78, 5) is 21.1. The fourth-order valence-electron chi connectivity index (χ4n) is 2.89. The van der Waals surface area contributed by atoms with E-state index in [-0.39, 0.29) is 5.91 Å². The molecule has 23 heavy (non-hydrogen) atoms. The quantitative estimate of drug-likeness (QED) is 0.828. The molecule has 0 atom stereocenters. The van der Waals surface area contributed by atoms with Crippen molar-refractivity contribution in [3.05, 3.63) is 64.4 Å². The van der Waals surface area contributed by atoms with E-state index < -0.39 is 0 Å². The summed E-state index contributed by atoms with van der Waals surface area (Å²) >= 11 is 3.38. The summed E-state index contributed by atoms with van der Waals surface area (Å²) in [5.41, 5.74) is 1.97. The molecular formula is C18H20BrN3O. The van der Waals surface area contributed by atoms with Crippen LogP contribution in [0.2, 0.25) is 0 Å². The molecule has 4 nitrogen and oxygen atoms in total. The standard InChI is InChI=1S/C18H20BrN3O/c19-17-11-16(12-20-13-17)18(23)22-8-4-7-21(9-10-22)14-15-5-2-1-3-6-15/h1-3,5-6,11-13H,4,7-10,14H2. The normalized spacial score (nSPS) is 16.1. The number of hydrogen-bond donors (Lipinski definition) is 0. The van der Waals surface area contributed by atoms with Crippen molar-refractivity contribution in [1.82, 2.24) is 14.8 Å². The number of rotatable bonds is 3. The fourth-order valence-corrected chi connectivity index (χ4v) is 3.25. The summed E-state index contributed by atoms with van der Waals surface area (Å²) < 4.78 is 0.837. The maximum atomic E-state index is 12.6. The van der Waals surface area contributed by atoms with Crippen molar-refractivity contribution >= 4 is 21.8 Å². The number of nitrogens with zero attached hydrogens (tertiary/aromatic N) is 3. The number of halogens is 1. The zero-order valence-electron chi connectivity index (χ0n) is 13.0. The summed E-state index contributed by atoms with van der Waals surface area (Å²) in [6, 6.07) is 12.3. The summed E-state index contributed by atoms with van der Waals surface area (Å²) in [6.07, 6.45) is 4.33. The van der Waals surface area contributed by atoms with Crippen LogP contribution in [-0.4, -0.2) is 46.9 Å². The van der Waals surface area contributed by atoms with Crippen molar-refractivity contribution in [1.29, 1.82) is 0 Å². The summed E-state index contributed by atoms with van der Waals surface area (Å²) in [5.74, 6) is 0.0698. The molecule has 120 valence electrons. The van der Waals surface area contributed by atoms with Crippen molar-refractivity contribution in [2.75, 3.05) is 26.2 Å². The number of benzene rings is 1. The van der Waals surface area contributed by atoms with Gasteiger partial charge < -0.3 is 4.90 Å². The number of pyridine rings is 1. The van der Waals surface area contributed by atoms with Crippen molar-refractivity contribution in [2.45, 2.75) is 13.0 Å². The molecule has 1 saturated heterocycles. The predicted molar refractivity (Wildman–Crippen MR) is 94.2 cm³/mol. The van der Waals surface area contributed by atoms with Crippen LogP contribution in [-0.2, 0) is 6.54 Å². The van der Waals surface area contributed by atoms with E-state index in [9.17, 15) is 4.79 Å². The van der Waals surface area contributed by atoms with Crippen LogP contribution in [0.4, 0.5) is 0 Å². The van der Waals surface area contributed by atoms with Crippen LogP contribution in [0.5, 0.6) is 0 Å². The van der Waals surface area contributed by atoms with Crippen molar-refractivity contribution < 1.29 is 4.79 Å². The highest BCUT2D eigenvalue weighted by Gasteiger charge is 2.20. The molecule has 2 aromatic rings. The zero-order valence-corrected chi connectivity index (χ0v) is 14.6. The molecule has 5 heteroatoms. The number of carbonyl (C=O) groups is 1. The Morgan fingerprint density at radius 2 is 1.91 bits per heavy atom. The first-order valence-electron chi connectivity index (χ1n) is 7.88. The fraction of sp³-hybridized carbons (Fsp3) is 0.333. The lowest BCUT2D eigenvalue weighted by molar-refractivity contribution is 0.0760. The number of aromatic nitrogens is 1. The number of hydrogen-bond acceptors (Lipinski definition) is 3. The minimum Gasteiger partial charge on any atom is -0.337 e. The molecule has 0 spiro atoms. The Balaban J connectivity index is 1.61. The van der Waals surface area contributed by atoms with E-state index >= 15 is 0 Å². The molecule has 1 aliphatic rings. The third-order valence-electron chi connectivity index (χ3n) is 4.08. The van der Waals surface area contributed by atoms with E-state index in [0.29, 0.717) is 5.56 Å². The monoisotopic (exact) mass is 373 g/mol. The lowest BCUT2D eigenvalue weighted by Crippen LogP contribution is -2.35. The molecule has 0 saturated carbocycles. The Morgan fingerprint density at radius 3 is 2.70 bits per heavy atom. The second-order valence-electron chi connectivity index (χ2n) is 5.80. The van der Waals surface area contributed by atoms with E-state index in [4.69, 9.17) is 0 Å². The van der Waals surface area contributed by atoms with Crippen LogP contribution in [0.1, 0.15) is 22.3 Å². The Labute approximate surface area is 145 Å². The van der Waals surface area contributed by atoms with E-state index in [2.05, 4.69) is 50.1 Å². The van der Waals surface area contributed by atoms with Crippen LogP contribution in [0, 0.1) is 0 Å². The van der Waals surface area contributed by atoms with Gasteiger partial charge in [0.25, 0.3) is 5.91 Å². The molecule has 1 aromatic heterocycles. The molecule has 3 rings (SSSR count). The first-order chi connectivity index (χ1) is 11.2. The SMILES string of the molecule is O=C(c1cncc(Br)c1)N1CCCN(Cc2ccccc2)CC1. The minimum absolute atomic E-state index is 0.0698. The Morgan fingerprint density at radius 1 is 1.09 bits per heavy atom. The number of carbonyl (C=O) groups excluding carboxylic acids is 1. The highest BCUT2D eigenvalue weighted by molar-refractivity contribution is 9.10. The van der Waals surface area contributed by atoms with Gasteiger partial charge >= 0.3 is 0 Å². The van der Waals surface area contributed by atoms with E-state index in [0.717, 1.165) is 43.6 Å². The van der Waals surface area contributed by atoms with Crippen LogP contribution < -0.4 is 0 Å². The highest BCUT2D eigenvalue weighted by atomic mass is 79.9. The Hall–Kier alpha value is -1.72. The van der Waals surface area contributed by atoms with Crippen LogP contribution >= 0.6 is 15.9 Å². The van der Waals surface area contributed by atoms with Crippen molar-refractivity contribution in [3.63, 3.8) is 0 Å². The van der Waals surface area contributed by atoms with Crippen LogP contribution in [0.15, 0.2) is 53.3 Å². The van der Waals surface area contributed by atoms with Gasteiger partial charge in [0.05, 0.1) is 5.56 Å². The molecule has 2 heterocycles. The first-order valence-corrected chi connectivity index (χ1v) is 8.68. The smallest absolute Gasteiger partial charge is 0.255 e. The molecule has 1 fully saturated rings. The first kappa shape index (κ1) is 16.1. The van der Waals surface area contributed by atoms with Gasteiger partial charge in [-0.2, -0.15) is 0 Å². The van der Waals surface area contributed by atoms with Gasteiger partial charge in [-0.25, -0.2) is 0 Å². The maximum Gasteiger partial charge on any atom is 0.255 e. The summed E-state index contributed by atoms with van der Waals surface area (Å²) in [6.45, 7) is 4.44. The van der Waals surface area contributed by atoms with Gasteiger partial charge in [-0.05, 0) is 34.0 Å². The molecule has 0 bridgehead atoms. The molecule has 0 aliphatic carbocycles. The van der Waals surface area contributed by atoms with Gasteiger partial charge in [0, 0.05) is 49.6 Å². The lowest BCUT2D eigenvalue weighted by Gasteiger charge is -2.22. The molecule has 1 amide bonds. The van der Waals surface area contributed by atoms with E-state index in [1.165, 1.54) is 5.56 Å². The van der Waals surface area contributed by atoms with Gasteiger partial charge in [-0.15, -0.1) is 0 Å². The van der Waals surface area contributed by atoms with Gasteiger partial charge in [0.15, 0.2) is 0 Å². The molecular weight excluding hydrogens is 354 g/mol. The largest absolute Gasteiger partial charge is 0.337 e. The average Bonchev–Trinajstić information content (AvgIpc) is 2.81. The van der Waals surface area contributed by atoms with E-state index in [1.807, 2.05) is 17.0 Å². The predicted octanol–water partition coefficient (Wildman–Crippen LogP) is 3.19. The van der Waals surface area contributed by atoms with Gasteiger partial charge in [0.1, 0.15) is 0 Å². The lowest BCUT2D eigenvalue weighted by atomic mass is 10.2. The highest BCUT2D eigenvalue weighted by Crippen LogP contribution is 2.14. The summed E-state index contributed by atoms with van der Waals surface area (Å²) in [7, 11) is 0. The minimum atomic E-state index is 0.0698. The van der Waals surface area contributed by atoms with E-state index in [1.54, 1.807) is 12.4 Å². The second kappa shape index (κ2) is 7.70. The molecule has 1 aliphatic heterocycles. The van der Waals surface area contributed by atoms with Crippen LogP contribution in [0.25, 0.3) is 0 Å². The average molecular weight is 374 g/mol. The second-order valence-corrected chi connectivity index (χ2v) is 6.72. The summed E-state index contributed by atoms with van der Waals surface area (Å²) in [5, 5.41) is 0. The van der Waals surface area contributed by atoms with Crippen molar-refractivity contribution in [3.8, 4) is 0 Å². The zero-order chi connectivity index (χ0) is 16.1. The van der Waals surface area contributed by atoms with Crippen LogP contribution in [0.3, 0.4) is 0 Å². The molecule has 0 radical (unpaired) electrons. The van der Waals surface area contributed by atoms with Gasteiger partial charge in [0.2, 0.25) is 0 Å². The Bertz CT molecular complexity index is 662. The third kappa shape index (κ3) is 4.39. The topological polar surface area (TPSA) is 36.4 Å².